The summed E-state index contributed by atoms with van der Waals surface area (Å²) >= 11 is 0. The molecule has 0 aliphatic carbocycles. The van der Waals surface area contributed by atoms with Crippen molar-refractivity contribution in [2.24, 2.45) is 0 Å². The van der Waals surface area contributed by atoms with E-state index >= 15 is 0 Å². The van der Waals surface area contributed by atoms with Crippen LogP contribution in [0.25, 0.3) is 0 Å². The van der Waals surface area contributed by atoms with Crippen molar-refractivity contribution in [3.05, 3.63) is 48.8 Å². The maximum Gasteiger partial charge on any atom is 0.387 e. The number of halogens is 2. The molecule has 84 valence electrons. The van der Waals surface area contributed by atoms with Gasteiger partial charge in [0.15, 0.2) is 0 Å². The number of nitrogens with zero attached hydrogens (tertiary/aromatic N) is 1. The number of allylic oxidation sites excluding steroid dienone is 2. The fraction of sp³-hybridized carbons (Fsp3) is 0.167. The fourth-order valence-corrected chi connectivity index (χ4v) is 1.50. The summed E-state index contributed by atoms with van der Waals surface area (Å²) in [6.45, 7) is -2.81. The van der Waals surface area contributed by atoms with Gasteiger partial charge in [-0.15, -0.1) is 0 Å². The molecule has 2 nitrogen and oxygen atoms in total. The lowest BCUT2D eigenvalue weighted by Gasteiger charge is -2.20. The van der Waals surface area contributed by atoms with Crippen LogP contribution in [0.15, 0.2) is 48.8 Å². The van der Waals surface area contributed by atoms with Gasteiger partial charge in [0.2, 0.25) is 0 Å². The molecule has 0 radical (unpaired) electrons. The van der Waals surface area contributed by atoms with E-state index in [4.69, 9.17) is 0 Å². The van der Waals surface area contributed by atoms with E-state index in [0.29, 0.717) is 5.69 Å². The highest BCUT2D eigenvalue weighted by atomic mass is 19.3. The van der Waals surface area contributed by atoms with E-state index in [1.165, 1.54) is 6.07 Å². The Labute approximate surface area is 92.4 Å². The van der Waals surface area contributed by atoms with Crippen molar-refractivity contribution in [2.75, 3.05) is 4.90 Å². The minimum Gasteiger partial charge on any atom is -0.433 e. The Kier molecular flexibility index (Phi) is 3.19. The molecular formula is C12H11F2NO. The molecular weight excluding hydrogens is 212 g/mol. The molecule has 1 aliphatic heterocycles. The summed E-state index contributed by atoms with van der Waals surface area (Å²) in [6.07, 6.45) is 8.40. The molecule has 0 amide bonds. The fourth-order valence-electron chi connectivity index (χ4n) is 1.50. The highest BCUT2D eigenvalue weighted by Crippen LogP contribution is 2.30. The lowest BCUT2D eigenvalue weighted by atomic mass is 10.2. The summed E-state index contributed by atoms with van der Waals surface area (Å²) in [5.74, 6) is 0.175. The quantitative estimate of drug-likeness (QED) is 0.777. The zero-order valence-corrected chi connectivity index (χ0v) is 8.51. The third-order valence-electron chi connectivity index (χ3n) is 2.16. The van der Waals surface area contributed by atoms with E-state index in [2.05, 4.69) is 4.74 Å². The average Bonchev–Trinajstić information content (AvgIpc) is 2.30. The first kappa shape index (κ1) is 10.7. The van der Waals surface area contributed by atoms with E-state index < -0.39 is 6.61 Å². The van der Waals surface area contributed by atoms with Gasteiger partial charge in [0, 0.05) is 12.4 Å². The van der Waals surface area contributed by atoms with Crippen molar-refractivity contribution in [1.29, 1.82) is 0 Å². The van der Waals surface area contributed by atoms with E-state index in [1.807, 2.05) is 24.6 Å². The van der Waals surface area contributed by atoms with Crippen LogP contribution < -0.4 is 9.64 Å². The second kappa shape index (κ2) is 4.79. The minimum atomic E-state index is -2.81. The Morgan fingerprint density at radius 3 is 2.50 bits per heavy atom. The summed E-state index contributed by atoms with van der Waals surface area (Å²) in [4.78, 5) is 1.75. The lowest BCUT2D eigenvalue weighted by molar-refractivity contribution is -0.0494. The summed E-state index contributed by atoms with van der Waals surface area (Å²) in [6, 6.07) is 6.71. The normalized spacial score (nSPS) is 14.6. The van der Waals surface area contributed by atoms with Crippen LogP contribution in [0, 0.1) is 0 Å². The largest absolute Gasteiger partial charge is 0.433 e. The molecule has 0 atom stereocenters. The van der Waals surface area contributed by atoms with Crippen molar-refractivity contribution >= 4 is 5.69 Å². The monoisotopic (exact) mass is 223 g/mol. The molecule has 1 heterocycles. The molecule has 1 aromatic carbocycles. The second-order valence-electron chi connectivity index (χ2n) is 3.26. The number of hydrogen-bond acceptors (Lipinski definition) is 2. The highest BCUT2D eigenvalue weighted by Gasteiger charge is 2.12. The van der Waals surface area contributed by atoms with Crippen molar-refractivity contribution in [2.45, 2.75) is 13.0 Å². The number of anilines is 1. The predicted molar refractivity (Wildman–Crippen MR) is 58.5 cm³/mol. The van der Waals surface area contributed by atoms with Crippen molar-refractivity contribution in [3.63, 3.8) is 0 Å². The molecule has 4 heteroatoms. The molecule has 0 saturated heterocycles. The number of para-hydroxylation sites is 2. The Balaban J connectivity index is 2.28. The van der Waals surface area contributed by atoms with Crippen molar-refractivity contribution in [1.82, 2.24) is 0 Å². The second-order valence-corrected chi connectivity index (χ2v) is 3.26. The van der Waals surface area contributed by atoms with Gasteiger partial charge in [-0.25, -0.2) is 0 Å². The first-order valence-electron chi connectivity index (χ1n) is 4.93. The highest BCUT2D eigenvalue weighted by molar-refractivity contribution is 5.62. The number of benzene rings is 1. The topological polar surface area (TPSA) is 12.5 Å². The Morgan fingerprint density at radius 1 is 1.12 bits per heavy atom. The van der Waals surface area contributed by atoms with Gasteiger partial charge >= 0.3 is 6.61 Å². The lowest BCUT2D eigenvalue weighted by Crippen LogP contribution is -2.12. The predicted octanol–water partition coefficient (Wildman–Crippen LogP) is 3.53. The first-order valence-corrected chi connectivity index (χ1v) is 4.93. The van der Waals surface area contributed by atoms with Crippen LogP contribution in [-0.2, 0) is 0 Å². The van der Waals surface area contributed by atoms with E-state index in [9.17, 15) is 8.78 Å². The van der Waals surface area contributed by atoms with Crippen molar-refractivity contribution in [3.8, 4) is 5.75 Å². The molecule has 0 aromatic heterocycles. The molecule has 0 N–H and O–H groups in total. The standard InChI is InChI=1S/C12H11F2NO/c13-12(14)16-11-7-3-2-6-10(11)15-8-4-1-5-9-15/h2-9,12H,1H2. The van der Waals surface area contributed by atoms with Crippen LogP contribution >= 0.6 is 0 Å². The van der Waals surface area contributed by atoms with E-state index in [1.54, 1.807) is 23.1 Å². The molecule has 16 heavy (non-hydrogen) atoms. The van der Waals surface area contributed by atoms with Crippen LogP contribution in [0.5, 0.6) is 5.75 Å². The maximum atomic E-state index is 12.2. The van der Waals surface area contributed by atoms with Gasteiger partial charge in [0.25, 0.3) is 0 Å². The molecule has 0 unspecified atom stereocenters. The van der Waals surface area contributed by atoms with Gasteiger partial charge < -0.3 is 9.64 Å². The number of alkyl halides is 2. The molecule has 0 saturated carbocycles. The smallest absolute Gasteiger partial charge is 0.387 e. The summed E-state index contributed by atoms with van der Waals surface area (Å²) in [5, 5.41) is 0. The van der Waals surface area contributed by atoms with Crippen LogP contribution in [0.3, 0.4) is 0 Å². The molecule has 0 fully saturated rings. The first-order chi connectivity index (χ1) is 7.77. The van der Waals surface area contributed by atoms with Gasteiger partial charge in [0.05, 0.1) is 5.69 Å². The van der Waals surface area contributed by atoms with E-state index in [0.717, 1.165) is 6.42 Å². The number of ether oxygens (including phenoxy) is 1. The molecule has 1 aromatic rings. The summed E-state index contributed by atoms with van der Waals surface area (Å²) in [7, 11) is 0. The Bertz CT molecular complexity index is 403. The Hall–Kier alpha value is -1.84. The summed E-state index contributed by atoms with van der Waals surface area (Å²) in [5.41, 5.74) is 0.606. The molecule has 0 spiro atoms. The third-order valence-corrected chi connectivity index (χ3v) is 2.16. The Morgan fingerprint density at radius 2 is 1.81 bits per heavy atom. The molecule has 1 aliphatic rings. The number of hydrogen-bond donors (Lipinski definition) is 0. The van der Waals surface area contributed by atoms with Gasteiger partial charge in [0.1, 0.15) is 5.75 Å². The van der Waals surface area contributed by atoms with Gasteiger partial charge in [-0.3, -0.25) is 0 Å². The SMILES string of the molecule is FC(F)Oc1ccccc1N1C=CCC=C1. The van der Waals surface area contributed by atoms with E-state index in [-0.39, 0.29) is 5.75 Å². The molecule has 2 rings (SSSR count). The van der Waals surface area contributed by atoms with Gasteiger partial charge in [-0.05, 0) is 18.6 Å². The van der Waals surface area contributed by atoms with Gasteiger partial charge in [-0.2, -0.15) is 8.78 Å². The zero-order chi connectivity index (χ0) is 11.4. The van der Waals surface area contributed by atoms with Gasteiger partial charge in [-0.1, -0.05) is 24.3 Å². The number of rotatable bonds is 3. The average molecular weight is 223 g/mol. The molecule has 0 bridgehead atoms. The van der Waals surface area contributed by atoms with Crippen LogP contribution in [-0.4, -0.2) is 6.61 Å². The maximum absolute atomic E-state index is 12.2. The van der Waals surface area contributed by atoms with Crippen molar-refractivity contribution < 1.29 is 13.5 Å². The minimum absolute atomic E-state index is 0.175. The van der Waals surface area contributed by atoms with Crippen LogP contribution in [0.2, 0.25) is 0 Å². The summed E-state index contributed by atoms with van der Waals surface area (Å²) < 4.78 is 28.8. The zero-order valence-electron chi connectivity index (χ0n) is 8.51. The van der Waals surface area contributed by atoms with Crippen LogP contribution in [0.4, 0.5) is 14.5 Å². The third kappa shape index (κ3) is 2.39. The van der Waals surface area contributed by atoms with Crippen LogP contribution in [0.1, 0.15) is 6.42 Å².